The van der Waals surface area contributed by atoms with E-state index >= 15 is 0 Å². The number of aryl methyl sites for hydroxylation is 1. The topological polar surface area (TPSA) is 79.8 Å². The SMILES string of the molecule is CCc1nc(C(F)F)ccc1S(=O)(=O)N1CC2(CN(C(=O)OC(C)(C)C)C2)C1. The lowest BCUT2D eigenvalue weighted by molar-refractivity contribution is -0.0839. The fourth-order valence-corrected chi connectivity index (χ4v) is 5.44. The lowest BCUT2D eigenvalue weighted by Crippen LogP contribution is -2.73. The number of hydrogen-bond donors (Lipinski definition) is 0. The predicted molar refractivity (Wildman–Crippen MR) is 97.6 cm³/mol. The molecule has 2 aliphatic rings. The Balaban J connectivity index is 1.65. The largest absolute Gasteiger partial charge is 0.444 e. The third-order valence-electron chi connectivity index (χ3n) is 4.86. The minimum atomic E-state index is -3.81. The third-order valence-corrected chi connectivity index (χ3v) is 6.72. The summed E-state index contributed by atoms with van der Waals surface area (Å²) in [5.41, 5.74) is -1.12. The summed E-state index contributed by atoms with van der Waals surface area (Å²) >= 11 is 0. The van der Waals surface area contributed by atoms with Crippen LogP contribution in [-0.2, 0) is 21.2 Å². The van der Waals surface area contributed by atoms with Crippen LogP contribution in [0.15, 0.2) is 17.0 Å². The van der Waals surface area contributed by atoms with Crippen LogP contribution in [-0.4, -0.2) is 60.5 Å². The van der Waals surface area contributed by atoms with Crippen molar-refractivity contribution < 1.29 is 26.7 Å². The van der Waals surface area contributed by atoms with Crippen LogP contribution in [0.25, 0.3) is 0 Å². The van der Waals surface area contributed by atoms with Gasteiger partial charge < -0.3 is 9.64 Å². The molecule has 0 aliphatic carbocycles. The number of nitrogens with zero attached hydrogens (tertiary/aromatic N) is 3. The van der Waals surface area contributed by atoms with Gasteiger partial charge in [0.15, 0.2) is 0 Å². The molecule has 1 amide bonds. The molecule has 0 radical (unpaired) electrons. The summed E-state index contributed by atoms with van der Waals surface area (Å²) in [5.74, 6) is 0. The number of pyridine rings is 1. The van der Waals surface area contributed by atoms with Gasteiger partial charge in [0.2, 0.25) is 10.0 Å². The van der Waals surface area contributed by atoms with Crippen molar-refractivity contribution in [2.24, 2.45) is 5.41 Å². The number of hydrogen-bond acceptors (Lipinski definition) is 5. The molecule has 156 valence electrons. The molecule has 2 saturated heterocycles. The lowest BCUT2D eigenvalue weighted by atomic mass is 9.75. The van der Waals surface area contributed by atoms with E-state index in [4.69, 9.17) is 4.74 Å². The Kier molecular flexibility index (Phi) is 5.16. The zero-order chi connectivity index (χ0) is 20.9. The molecule has 0 saturated carbocycles. The number of aromatic nitrogens is 1. The Morgan fingerprint density at radius 2 is 1.86 bits per heavy atom. The van der Waals surface area contributed by atoms with Crippen molar-refractivity contribution in [2.45, 2.75) is 51.0 Å². The molecule has 0 unspecified atom stereocenters. The number of sulfonamides is 1. The molecule has 3 rings (SSSR count). The van der Waals surface area contributed by atoms with Gasteiger partial charge in [-0.1, -0.05) is 6.92 Å². The molecule has 7 nitrogen and oxygen atoms in total. The third kappa shape index (κ3) is 3.84. The van der Waals surface area contributed by atoms with Crippen LogP contribution in [0.2, 0.25) is 0 Å². The van der Waals surface area contributed by atoms with E-state index in [0.717, 1.165) is 6.07 Å². The average molecular weight is 417 g/mol. The molecule has 3 heterocycles. The van der Waals surface area contributed by atoms with Crippen LogP contribution < -0.4 is 0 Å². The van der Waals surface area contributed by atoms with Crippen LogP contribution in [0, 0.1) is 5.41 Å². The van der Waals surface area contributed by atoms with E-state index in [1.54, 1.807) is 32.6 Å². The van der Waals surface area contributed by atoms with Gasteiger partial charge in [0.1, 0.15) is 16.2 Å². The van der Waals surface area contributed by atoms with Crippen LogP contribution in [0.5, 0.6) is 0 Å². The predicted octanol–water partition coefficient (Wildman–Crippen LogP) is 2.82. The Bertz CT molecular complexity index is 869. The highest BCUT2D eigenvalue weighted by Crippen LogP contribution is 2.43. The first kappa shape index (κ1) is 20.9. The molecule has 0 bridgehead atoms. The Labute approximate surface area is 163 Å². The van der Waals surface area contributed by atoms with Crippen LogP contribution in [0.4, 0.5) is 13.6 Å². The van der Waals surface area contributed by atoms with Gasteiger partial charge in [0.25, 0.3) is 6.43 Å². The molecule has 10 heteroatoms. The van der Waals surface area contributed by atoms with E-state index in [2.05, 4.69) is 4.98 Å². The molecular formula is C18H25F2N3O4S. The first-order valence-electron chi connectivity index (χ1n) is 9.13. The van der Waals surface area contributed by atoms with Crippen molar-refractivity contribution in [3.63, 3.8) is 0 Å². The van der Waals surface area contributed by atoms with E-state index in [1.807, 2.05) is 0 Å². The molecule has 0 aromatic carbocycles. The summed E-state index contributed by atoms with van der Waals surface area (Å²) in [6.07, 6.45) is -2.91. The maximum atomic E-state index is 12.9. The second-order valence-electron chi connectivity index (χ2n) is 8.44. The zero-order valence-electron chi connectivity index (χ0n) is 16.4. The summed E-state index contributed by atoms with van der Waals surface area (Å²) < 4.78 is 58.1. The maximum Gasteiger partial charge on any atom is 0.410 e. The average Bonchev–Trinajstić information content (AvgIpc) is 2.49. The normalized spacial score (nSPS) is 19.5. The number of carbonyl (C=O) groups is 1. The number of ether oxygens (including phenoxy) is 1. The number of alkyl halides is 2. The van der Waals surface area contributed by atoms with Crippen molar-refractivity contribution in [3.05, 3.63) is 23.5 Å². The molecule has 28 heavy (non-hydrogen) atoms. The van der Waals surface area contributed by atoms with Crippen molar-refractivity contribution in [3.8, 4) is 0 Å². The van der Waals surface area contributed by atoms with Crippen LogP contribution in [0.3, 0.4) is 0 Å². The van der Waals surface area contributed by atoms with Crippen molar-refractivity contribution >= 4 is 16.1 Å². The summed E-state index contributed by atoms with van der Waals surface area (Å²) in [4.78, 5) is 17.4. The molecule has 1 aromatic rings. The number of likely N-dealkylation sites (tertiary alicyclic amines) is 1. The standard InChI is InChI=1S/C18H25F2N3O4S/c1-5-12-14(7-6-13(21-12)15(19)20)28(25,26)23-10-18(11-23)8-22(9-18)16(24)27-17(2,3)4/h6-7,15H,5,8-11H2,1-4H3. The minimum absolute atomic E-state index is 0.0300. The highest BCUT2D eigenvalue weighted by Gasteiger charge is 2.57. The van der Waals surface area contributed by atoms with Gasteiger partial charge in [-0.3, -0.25) is 4.98 Å². The van der Waals surface area contributed by atoms with Gasteiger partial charge in [-0.15, -0.1) is 0 Å². The molecule has 0 N–H and O–H groups in total. The number of rotatable bonds is 4. The summed E-state index contributed by atoms with van der Waals surface area (Å²) in [6.45, 7) is 8.50. The quantitative estimate of drug-likeness (QED) is 0.753. The molecule has 0 atom stereocenters. The van der Waals surface area contributed by atoms with E-state index in [1.165, 1.54) is 10.4 Å². The number of carbonyl (C=O) groups excluding carboxylic acids is 1. The molecule has 1 aromatic heterocycles. The highest BCUT2D eigenvalue weighted by atomic mass is 32.2. The number of halogens is 2. The van der Waals surface area contributed by atoms with Crippen LogP contribution >= 0.6 is 0 Å². The van der Waals surface area contributed by atoms with E-state index < -0.39 is 33.8 Å². The summed E-state index contributed by atoms with van der Waals surface area (Å²) in [7, 11) is -3.81. The second kappa shape index (κ2) is 6.91. The fraction of sp³-hybridized carbons (Fsp3) is 0.667. The van der Waals surface area contributed by atoms with Crippen molar-refractivity contribution in [2.75, 3.05) is 26.2 Å². The van der Waals surface area contributed by atoms with Crippen LogP contribution in [0.1, 0.15) is 45.5 Å². The monoisotopic (exact) mass is 417 g/mol. The Hall–Kier alpha value is -1.81. The van der Waals surface area contributed by atoms with Gasteiger partial charge in [0, 0.05) is 31.6 Å². The first-order valence-corrected chi connectivity index (χ1v) is 10.6. The minimum Gasteiger partial charge on any atom is -0.444 e. The number of amides is 1. The molecule has 2 aliphatic heterocycles. The van der Waals surface area contributed by atoms with Gasteiger partial charge in [0.05, 0.1) is 5.69 Å². The first-order chi connectivity index (χ1) is 12.9. The Morgan fingerprint density at radius 1 is 1.25 bits per heavy atom. The van der Waals surface area contributed by atoms with Gasteiger partial charge in [-0.05, 0) is 39.3 Å². The maximum absolute atomic E-state index is 12.9. The molecular weight excluding hydrogens is 392 g/mol. The smallest absolute Gasteiger partial charge is 0.410 e. The second-order valence-corrected chi connectivity index (χ2v) is 10.4. The van der Waals surface area contributed by atoms with Gasteiger partial charge in [-0.2, -0.15) is 4.31 Å². The summed E-state index contributed by atoms with van der Waals surface area (Å²) in [6, 6.07) is 2.27. The van der Waals surface area contributed by atoms with Gasteiger partial charge in [-0.25, -0.2) is 22.0 Å². The molecule has 1 spiro atoms. The highest BCUT2D eigenvalue weighted by molar-refractivity contribution is 7.89. The van der Waals surface area contributed by atoms with Gasteiger partial charge >= 0.3 is 6.09 Å². The van der Waals surface area contributed by atoms with E-state index in [9.17, 15) is 22.0 Å². The Morgan fingerprint density at radius 3 is 2.36 bits per heavy atom. The van der Waals surface area contributed by atoms with Crippen molar-refractivity contribution in [1.29, 1.82) is 0 Å². The summed E-state index contributed by atoms with van der Waals surface area (Å²) in [5, 5.41) is 0. The lowest BCUT2D eigenvalue weighted by Gasteiger charge is -2.59. The van der Waals surface area contributed by atoms with E-state index in [0.29, 0.717) is 13.1 Å². The van der Waals surface area contributed by atoms with Crippen molar-refractivity contribution in [1.82, 2.24) is 14.2 Å². The fourth-order valence-electron chi connectivity index (χ4n) is 3.55. The zero-order valence-corrected chi connectivity index (χ0v) is 17.2. The molecule has 2 fully saturated rings. The van der Waals surface area contributed by atoms with E-state index in [-0.39, 0.29) is 35.5 Å².